The summed E-state index contributed by atoms with van der Waals surface area (Å²) in [5.74, 6) is 1.17. The average Bonchev–Trinajstić information content (AvgIpc) is 2.27. The molecular weight excluding hydrogens is 198 g/mol. The lowest BCUT2D eigenvalue weighted by molar-refractivity contribution is 0.241. The van der Waals surface area contributed by atoms with Crippen LogP contribution in [0.15, 0.2) is 18.2 Å². The van der Waals surface area contributed by atoms with E-state index in [1.807, 2.05) is 32.0 Å². The van der Waals surface area contributed by atoms with Crippen molar-refractivity contribution in [1.82, 2.24) is 0 Å². The summed E-state index contributed by atoms with van der Waals surface area (Å²) in [4.78, 5) is 0. The fraction of sp³-hybridized carbons (Fsp3) is 0.500. The third-order valence-corrected chi connectivity index (χ3v) is 2.67. The van der Waals surface area contributed by atoms with Gasteiger partial charge in [-0.05, 0) is 43.9 Å². The SMILES string of the molecule is CCC(C)c1ccc(OC(C)C)c(C#N)c1. The molecule has 1 atom stereocenters. The maximum atomic E-state index is 9.08. The van der Waals surface area contributed by atoms with Crippen molar-refractivity contribution in [3.63, 3.8) is 0 Å². The number of hydrogen-bond acceptors (Lipinski definition) is 2. The molecule has 2 heteroatoms. The van der Waals surface area contributed by atoms with Crippen molar-refractivity contribution in [3.05, 3.63) is 29.3 Å². The molecule has 0 bridgehead atoms. The number of hydrogen-bond donors (Lipinski definition) is 0. The monoisotopic (exact) mass is 217 g/mol. The second-order valence-corrected chi connectivity index (χ2v) is 4.34. The Morgan fingerprint density at radius 3 is 2.50 bits per heavy atom. The van der Waals surface area contributed by atoms with Gasteiger partial charge in [-0.2, -0.15) is 5.26 Å². The van der Waals surface area contributed by atoms with Crippen molar-refractivity contribution >= 4 is 0 Å². The van der Waals surface area contributed by atoms with Crippen LogP contribution >= 0.6 is 0 Å². The van der Waals surface area contributed by atoms with Crippen molar-refractivity contribution in [2.45, 2.75) is 46.1 Å². The van der Waals surface area contributed by atoms with E-state index in [-0.39, 0.29) is 6.10 Å². The van der Waals surface area contributed by atoms with E-state index in [4.69, 9.17) is 10.00 Å². The van der Waals surface area contributed by atoms with E-state index < -0.39 is 0 Å². The molecule has 1 aromatic rings. The number of nitrogens with zero attached hydrogens (tertiary/aromatic N) is 1. The van der Waals surface area contributed by atoms with E-state index in [0.717, 1.165) is 6.42 Å². The first-order valence-electron chi connectivity index (χ1n) is 5.79. The van der Waals surface area contributed by atoms with Crippen molar-refractivity contribution in [2.24, 2.45) is 0 Å². The fourth-order valence-electron chi connectivity index (χ4n) is 1.53. The third kappa shape index (κ3) is 3.00. The van der Waals surface area contributed by atoms with E-state index in [2.05, 4.69) is 19.9 Å². The van der Waals surface area contributed by atoms with Gasteiger partial charge in [0.15, 0.2) is 0 Å². The lowest BCUT2D eigenvalue weighted by Crippen LogP contribution is -2.07. The molecule has 2 nitrogen and oxygen atoms in total. The predicted molar refractivity (Wildman–Crippen MR) is 65.6 cm³/mol. The van der Waals surface area contributed by atoms with Crippen LogP contribution in [0, 0.1) is 11.3 Å². The Morgan fingerprint density at radius 1 is 1.31 bits per heavy atom. The molecule has 0 radical (unpaired) electrons. The molecule has 1 rings (SSSR count). The summed E-state index contributed by atoms with van der Waals surface area (Å²) in [7, 11) is 0. The molecule has 0 fully saturated rings. The summed E-state index contributed by atoms with van der Waals surface area (Å²) in [5.41, 5.74) is 1.83. The molecule has 0 N–H and O–H groups in total. The van der Waals surface area contributed by atoms with Crippen molar-refractivity contribution in [3.8, 4) is 11.8 Å². The highest BCUT2D eigenvalue weighted by Gasteiger charge is 2.09. The van der Waals surface area contributed by atoms with Crippen LogP contribution in [-0.2, 0) is 0 Å². The molecule has 0 saturated carbocycles. The highest BCUT2D eigenvalue weighted by atomic mass is 16.5. The van der Waals surface area contributed by atoms with Gasteiger partial charge < -0.3 is 4.74 Å². The number of ether oxygens (including phenoxy) is 1. The maximum absolute atomic E-state index is 9.08. The number of rotatable bonds is 4. The molecule has 0 spiro atoms. The zero-order valence-corrected chi connectivity index (χ0v) is 10.4. The zero-order valence-electron chi connectivity index (χ0n) is 10.4. The molecule has 16 heavy (non-hydrogen) atoms. The minimum Gasteiger partial charge on any atom is -0.490 e. The summed E-state index contributed by atoms with van der Waals surface area (Å²) in [6.07, 6.45) is 1.18. The molecule has 0 aliphatic rings. The molecule has 1 aromatic carbocycles. The van der Waals surface area contributed by atoms with Gasteiger partial charge in [0.2, 0.25) is 0 Å². The molecular formula is C14H19NO. The van der Waals surface area contributed by atoms with Gasteiger partial charge in [-0.1, -0.05) is 19.9 Å². The van der Waals surface area contributed by atoms with Crippen LogP contribution in [0.3, 0.4) is 0 Å². The summed E-state index contributed by atoms with van der Waals surface area (Å²) >= 11 is 0. The van der Waals surface area contributed by atoms with Crippen molar-refractivity contribution in [2.75, 3.05) is 0 Å². The smallest absolute Gasteiger partial charge is 0.137 e. The molecule has 0 heterocycles. The predicted octanol–water partition coefficient (Wildman–Crippen LogP) is 3.86. The van der Waals surface area contributed by atoms with Gasteiger partial charge in [-0.15, -0.1) is 0 Å². The highest BCUT2D eigenvalue weighted by Crippen LogP contribution is 2.26. The van der Waals surface area contributed by atoms with Gasteiger partial charge in [0.05, 0.1) is 11.7 Å². The minimum absolute atomic E-state index is 0.0987. The quantitative estimate of drug-likeness (QED) is 0.767. The molecule has 0 saturated heterocycles. The molecule has 0 aromatic heterocycles. The Balaban J connectivity index is 3.03. The van der Waals surface area contributed by atoms with Crippen LogP contribution in [-0.4, -0.2) is 6.10 Å². The normalized spacial score (nSPS) is 12.2. The first-order valence-corrected chi connectivity index (χ1v) is 5.79. The van der Waals surface area contributed by atoms with E-state index in [1.54, 1.807) is 0 Å². The van der Waals surface area contributed by atoms with Crippen molar-refractivity contribution in [1.29, 1.82) is 5.26 Å². The molecule has 0 amide bonds. The van der Waals surface area contributed by atoms with Gasteiger partial charge >= 0.3 is 0 Å². The van der Waals surface area contributed by atoms with Crippen LogP contribution in [0.5, 0.6) is 5.75 Å². The lowest BCUT2D eigenvalue weighted by Gasteiger charge is -2.14. The van der Waals surface area contributed by atoms with Gasteiger partial charge in [0, 0.05) is 0 Å². The summed E-state index contributed by atoms with van der Waals surface area (Å²) < 4.78 is 5.58. The molecule has 0 aliphatic carbocycles. The summed E-state index contributed by atoms with van der Waals surface area (Å²) in [6.45, 7) is 8.24. The topological polar surface area (TPSA) is 33.0 Å². The molecule has 0 aliphatic heterocycles. The average molecular weight is 217 g/mol. The van der Waals surface area contributed by atoms with E-state index in [1.165, 1.54) is 5.56 Å². The van der Waals surface area contributed by atoms with Crippen LogP contribution in [0.2, 0.25) is 0 Å². The Labute approximate surface area is 97.9 Å². The highest BCUT2D eigenvalue weighted by molar-refractivity contribution is 5.46. The standard InChI is InChI=1S/C14H19NO/c1-5-11(4)12-6-7-14(16-10(2)3)13(8-12)9-15/h6-8,10-11H,5H2,1-4H3. The Bertz CT molecular complexity index is 390. The number of benzene rings is 1. The maximum Gasteiger partial charge on any atom is 0.137 e. The van der Waals surface area contributed by atoms with Crippen LogP contribution < -0.4 is 4.74 Å². The van der Waals surface area contributed by atoms with Crippen LogP contribution in [0.4, 0.5) is 0 Å². The minimum atomic E-state index is 0.0987. The Hall–Kier alpha value is -1.49. The summed E-state index contributed by atoms with van der Waals surface area (Å²) in [5, 5.41) is 9.08. The van der Waals surface area contributed by atoms with Crippen LogP contribution in [0.25, 0.3) is 0 Å². The van der Waals surface area contributed by atoms with Crippen LogP contribution in [0.1, 0.15) is 51.2 Å². The number of nitriles is 1. The Kier molecular flexibility index (Phi) is 4.37. The largest absolute Gasteiger partial charge is 0.490 e. The van der Waals surface area contributed by atoms with E-state index in [9.17, 15) is 0 Å². The third-order valence-electron chi connectivity index (χ3n) is 2.67. The second-order valence-electron chi connectivity index (χ2n) is 4.34. The van der Waals surface area contributed by atoms with Gasteiger partial charge in [-0.25, -0.2) is 0 Å². The van der Waals surface area contributed by atoms with E-state index in [0.29, 0.717) is 17.2 Å². The fourth-order valence-corrected chi connectivity index (χ4v) is 1.53. The molecule has 1 unspecified atom stereocenters. The van der Waals surface area contributed by atoms with Gasteiger partial charge in [-0.3, -0.25) is 0 Å². The Morgan fingerprint density at radius 2 is 2.00 bits per heavy atom. The second kappa shape index (κ2) is 5.55. The first-order chi connectivity index (χ1) is 7.58. The molecule has 86 valence electrons. The summed E-state index contributed by atoms with van der Waals surface area (Å²) in [6, 6.07) is 8.08. The van der Waals surface area contributed by atoms with Gasteiger partial charge in [0.25, 0.3) is 0 Å². The van der Waals surface area contributed by atoms with Gasteiger partial charge in [0.1, 0.15) is 11.8 Å². The lowest BCUT2D eigenvalue weighted by atomic mass is 9.97. The zero-order chi connectivity index (χ0) is 12.1. The first kappa shape index (κ1) is 12.6. The van der Waals surface area contributed by atoms with E-state index >= 15 is 0 Å². The van der Waals surface area contributed by atoms with Crippen molar-refractivity contribution < 1.29 is 4.74 Å².